The van der Waals surface area contributed by atoms with Crippen molar-refractivity contribution in [3.63, 3.8) is 0 Å². The minimum absolute atomic E-state index is 0.0934. The van der Waals surface area contributed by atoms with Crippen molar-refractivity contribution in [2.24, 2.45) is 10.8 Å². The van der Waals surface area contributed by atoms with Crippen LogP contribution in [-0.4, -0.2) is 78.3 Å². The Morgan fingerprint density at radius 1 is 0.462 bits per heavy atom. The van der Waals surface area contributed by atoms with Gasteiger partial charge >= 0.3 is 0 Å². The summed E-state index contributed by atoms with van der Waals surface area (Å²) in [6.45, 7) is 19.3. The maximum atomic E-state index is 6.45. The van der Waals surface area contributed by atoms with Crippen LogP contribution in [0, 0.1) is 10.8 Å². The standard InChI is InChI=1S/C20H40O6/c1-18(2,3)20(19(4,5)6)17-25-14-13-23-10-9-21-7-8-22-11-12-24-15-16-26-20/h7-17H2,1-6H3. The topological polar surface area (TPSA) is 55.4 Å². The molecule has 0 aliphatic carbocycles. The van der Waals surface area contributed by atoms with E-state index in [-0.39, 0.29) is 10.8 Å². The Hall–Kier alpha value is -0.240. The van der Waals surface area contributed by atoms with E-state index in [1.54, 1.807) is 0 Å². The van der Waals surface area contributed by atoms with Crippen LogP contribution in [0.4, 0.5) is 0 Å². The van der Waals surface area contributed by atoms with E-state index < -0.39 is 5.60 Å². The number of rotatable bonds is 0. The molecular weight excluding hydrogens is 336 g/mol. The first kappa shape index (κ1) is 23.8. The van der Waals surface area contributed by atoms with Gasteiger partial charge in [-0.05, 0) is 10.8 Å². The quantitative estimate of drug-likeness (QED) is 0.648. The SMILES string of the molecule is CC(C)(C)C1(C(C)(C)C)COCCOCCOCCOCCOCCO1. The molecule has 1 rings (SSSR count). The summed E-state index contributed by atoms with van der Waals surface area (Å²) in [5.41, 5.74) is -0.623. The minimum atomic E-state index is -0.436. The smallest absolute Gasteiger partial charge is 0.101 e. The predicted molar refractivity (Wildman–Crippen MR) is 102 cm³/mol. The second kappa shape index (κ2) is 11.6. The van der Waals surface area contributed by atoms with Crippen LogP contribution in [0.25, 0.3) is 0 Å². The van der Waals surface area contributed by atoms with Gasteiger partial charge in [0.05, 0.1) is 72.7 Å². The summed E-state index contributed by atoms with van der Waals surface area (Å²) in [5.74, 6) is 0. The average Bonchev–Trinajstić information content (AvgIpc) is 2.52. The van der Waals surface area contributed by atoms with Crippen molar-refractivity contribution in [3.05, 3.63) is 0 Å². The first-order valence-corrected chi connectivity index (χ1v) is 9.73. The van der Waals surface area contributed by atoms with Crippen LogP contribution < -0.4 is 0 Å². The van der Waals surface area contributed by atoms with E-state index in [4.69, 9.17) is 28.4 Å². The lowest BCUT2D eigenvalue weighted by Crippen LogP contribution is -2.59. The lowest BCUT2D eigenvalue weighted by atomic mass is 9.62. The first-order valence-electron chi connectivity index (χ1n) is 9.73. The highest BCUT2D eigenvalue weighted by Gasteiger charge is 2.52. The molecule has 1 saturated heterocycles. The third kappa shape index (κ3) is 7.79. The minimum Gasteiger partial charge on any atom is -0.377 e. The molecule has 0 bridgehead atoms. The largest absolute Gasteiger partial charge is 0.377 e. The molecule has 1 fully saturated rings. The summed E-state index contributed by atoms with van der Waals surface area (Å²) in [6, 6.07) is 0. The van der Waals surface area contributed by atoms with Crippen molar-refractivity contribution in [1.29, 1.82) is 0 Å². The second-order valence-electron chi connectivity index (χ2n) is 8.68. The van der Waals surface area contributed by atoms with Crippen molar-refractivity contribution in [2.45, 2.75) is 47.1 Å². The Morgan fingerprint density at radius 3 is 1.12 bits per heavy atom. The van der Waals surface area contributed by atoms with Gasteiger partial charge in [-0.1, -0.05) is 41.5 Å². The Labute approximate surface area is 159 Å². The van der Waals surface area contributed by atoms with Gasteiger partial charge in [-0.2, -0.15) is 0 Å². The Kier molecular flexibility index (Phi) is 10.6. The maximum absolute atomic E-state index is 6.45. The highest BCUT2D eigenvalue weighted by atomic mass is 16.6. The molecule has 0 aromatic carbocycles. The van der Waals surface area contributed by atoms with E-state index in [0.717, 1.165) is 0 Å². The van der Waals surface area contributed by atoms with Crippen LogP contribution in [-0.2, 0) is 28.4 Å². The molecule has 1 aliphatic heterocycles. The van der Waals surface area contributed by atoms with Gasteiger partial charge in [0.15, 0.2) is 0 Å². The van der Waals surface area contributed by atoms with Crippen molar-refractivity contribution >= 4 is 0 Å². The fraction of sp³-hybridized carbons (Fsp3) is 1.00. The number of ether oxygens (including phenoxy) is 6. The molecule has 156 valence electrons. The zero-order valence-electron chi connectivity index (χ0n) is 17.7. The van der Waals surface area contributed by atoms with Crippen LogP contribution in [0.3, 0.4) is 0 Å². The molecule has 26 heavy (non-hydrogen) atoms. The van der Waals surface area contributed by atoms with Gasteiger partial charge < -0.3 is 28.4 Å². The van der Waals surface area contributed by atoms with Crippen LogP contribution in [0.5, 0.6) is 0 Å². The molecule has 0 spiro atoms. The summed E-state index contributed by atoms with van der Waals surface area (Å²) < 4.78 is 34.6. The molecule has 0 amide bonds. The van der Waals surface area contributed by atoms with Crippen LogP contribution in [0.2, 0.25) is 0 Å². The Morgan fingerprint density at radius 2 is 0.769 bits per heavy atom. The summed E-state index contributed by atoms with van der Waals surface area (Å²) in [6.07, 6.45) is 0. The first-order chi connectivity index (χ1) is 12.2. The molecule has 0 aromatic rings. The van der Waals surface area contributed by atoms with Gasteiger partial charge in [-0.25, -0.2) is 0 Å². The molecule has 1 aliphatic rings. The average molecular weight is 377 g/mol. The normalized spacial score (nSPS) is 23.8. The molecule has 0 N–H and O–H groups in total. The molecule has 0 unspecified atom stereocenters. The summed E-state index contributed by atoms with van der Waals surface area (Å²) in [7, 11) is 0. The monoisotopic (exact) mass is 376 g/mol. The van der Waals surface area contributed by atoms with Crippen molar-refractivity contribution in [1.82, 2.24) is 0 Å². The molecule has 0 atom stereocenters. The molecule has 6 nitrogen and oxygen atoms in total. The number of hydrogen-bond donors (Lipinski definition) is 0. The van der Waals surface area contributed by atoms with E-state index in [0.29, 0.717) is 72.7 Å². The lowest BCUT2D eigenvalue weighted by Gasteiger charge is -2.52. The lowest BCUT2D eigenvalue weighted by molar-refractivity contribution is -0.218. The van der Waals surface area contributed by atoms with Gasteiger partial charge in [-0.3, -0.25) is 0 Å². The van der Waals surface area contributed by atoms with Crippen molar-refractivity contribution in [3.8, 4) is 0 Å². The summed E-state index contributed by atoms with van der Waals surface area (Å²) in [4.78, 5) is 0. The Bertz CT molecular complexity index is 324. The van der Waals surface area contributed by atoms with Crippen LogP contribution >= 0.6 is 0 Å². The molecule has 0 saturated carbocycles. The van der Waals surface area contributed by atoms with E-state index in [2.05, 4.69) is 41.5 Å². The molecule has 1 heterocycles. The van der Waals surface area contributed by atoms with Crippen molar-refractivity contribution < 1.29 is 28.4 Å². The second-order valence-corrected chi connectivity index (χ2v) is 8.68. The molecule has 0 aromatic heterocycles. The fourth-order valence-corrected chi connectivity index (χ4v) is 3.40. The third-order valence-corrected chi connectivity index (χ3v) is 4.79. The van der Waals surface area contributed by atoms with E-state index in [1.807, 2.05) is 0 Å². The summed E-state index contributed by atoms with van der Waals surface area (Å²) in [5, 5.41) is 0. The number of hydrogen-bond acceptors (Lipinski definition) is 6. The third-order valence-electron chi connectivity index (χ3n) is 4.79. The van der Waals surface area contributed by atoms with Gasteiger partial charge in [0.1, 0.15) is 5.60 Å². The van der Waals surface area contributed by atoms with E-state index >= 15 is 0 Å². The van der Waals surface area contributed by atoms with E-state index in [1.165, 1.54) is 0 Å². The zero-order chi connectivity index (χ0) is 19.5. The Balaban J connectivity index is 2.71. The van der Waals surface area contributed by atoms with Gasteiger partial charge in [0.2, 0.25) is 0 Å². The van der Waals surface area contributed by atoms with Crippen LogP contribution in [0.1, 0.15) is 41.5 Å². The fourth-order valence-electron chi connectivity index (χ4n) is 3.40. The van der Waals surface area contributed by atoms with Crippen LogP contribution in [0.15, 0.2) is 0 Å². The van der Waals surface area contributed by atoms with Gasteiger partial charge in [0.25, 0.3) is 0 Å². The van der Waals surface area contributed by atoms with E-state index in [9.17, 15) is 0 Å². The molecule has 6 heteroatoms. The van der Waals surface area contributed by atoms with Crippen molar-refractivity contribution in [2.75, 3.05) is 72.7 Å². The predicted octanol–water partition coefficient (Wildman–Crippen LogP) is 2.93. The highest BCUT2D eigenvalue weighted by molar-refractivity contribution is 5.01. The molecular formula is C20H40O6. The molecule has 0 radical (unpaired) electrons. The summed E-state index contributed by atoms with van der Waals surface area (Å²) >= 11 is 0. The highest BCUT2D eigenvalue weighted by Crippen LogP contribution is 2.47. The zero-order valence-corrected chi connectivity index (χ0v) is 17.7. The van der Waals surface area contributed by atoms with Gasteiger partial charge in [-0.15, -0.1) is 0 Å². The maximum Gasteiger partial charge on any atom is 0.101 e. The van der Waals surface area contributed by atoms with Gasteiger partial charge in [0, 0.05) is 0 Å².